The lowest BCUT2D eigenvalue weighted by atomic mass is 10.0. The molecule has 2 N–H and O–H groups in total. The van der Waals surface area contributed by atoms with Crippen LogP contribution in [0.4, 0.5) is 5.69 Å². The Morgan fingerprint density at radius 3 is 2.50 bits per heavy atom. The van der Waals surface area contributed by atoms with Gasteiger partial charge in [0.2, 0.25) is 5.91 Å². The summed E-state index contributed by atoms with van der Waals surface area (Å²) in [5.74, 6) is -1.70. The molecular formula is C15H15N3O4. The number of ether oxygens (including phenoxy) is 1. The molecule has 0 saturated carbocycles. The molecule has 0 spiro atoms. The predicted octanol–water partition coefficient (Wildman–Crippen LogP) is 0.894. The number of carbonyl (C=O) groups is 3. The largest absolute Gasteiger partial charge is 0.466 e. The Hall–Kier alpha value is -3.14. The summed E-state index contributed by atoms with van der Waals surface area (Å²) in [5.41, 5.74) is 1.30. The van der Waals surface area contributed by atoms with Gasteiger partial charge in [-0.2, -0.15) is 5.26 Å². The third-order valence-corrected chi connectivity index (χ3v) is 2.76. The fourth-order valence-corrected chi connectivity index (χ4v) is 1.71. The molecule has 0 heterocycles. The third kappa shape index (κ3) is 4.18. The van der Waals surface area contributed by atoms with Crippen molar-refractivity contribution in [3.05, 3.63) is 41.0 Å². The molecule has 0 atom stereocenters. The van der Waals surface area contributed by atoms with Gasteiger partial charge in [-0.3, -0.25) is 9.59 Å². The minimum absolute atomic E-state index is 0.166. The van der Waals surface area contributed by atoms with E-state index in [9.17, 15) is 14.4 Å². The van der Waals surface area contributed by atoms with Crippen LogP contribution in [0, 0.1) is 18.3 Å². The molecule has 114 valence electrons. The van der Waals surface area contributed by atoms with Crippen LogP contribution in [0.2, 0.25) is 0 Å². The number of hydrogen-bond donors (Lipinski definition) is 2. The number of methoxy groups -OCH3 is 1. The van der Waals surface area contributed by atoms with E-state index in [0.29, 0.717) is 11.1 Å². The van der Waals surface area contributed by atoms with Crippen LogP contribution in [0.5, 0.6) is 0 Å². The van der Waals surface area contributed by atoms with Crippen molar-refractivity contribution in [1.82, 2.24) is 5.32 Å². The number of nitriles is 1. The zero-order valence-corrected chi connectivity index (χ0v) is 12.4. The minimum Gasteiger partial charge on any atom is -0.466 e. The average molecular weight is 301 g/mol. The molecule has 0 aromatic heterocycles. The van der Waals surface area contributed by atoms with Gasteiger partial charge in [-0.1, -0.05) is 0 Å². The van der Waals surface area contributed by atoms with Gasteiger partial charge < -0.3 is 15.4 Å². The van der Waals surface area contributed by atoms with Gasteiger partial charge in [-0.25, -0.2) is 4.79 Å². The van der Waals surface area contributed by atoms with E-state index in [1.807, 2.05) is 6.07 Å². The molecular weight excluding hydrogens is 286 g/mol. The first-order valence-electron chi connectivity index (χ1n) is 6.26. The van der Waals surface area contributed by atoms with Gasteiger partial charge in [-0.05, 0) is 24.6 Å². The molecule has 0 aliphatic carbocycles. The zero-order chi connectivity index (χ0) is 16.7. The third-order valence-electron chi connectivity index (χ3n) is 2.76. The standard InChI is InChI=1S/C15H15N3O4/c1-9-6-10(8-16)7-11(15(21)17-2)14(9)18-12(19)4-5-13(20)22-3/h4-7H,1-3H3,(H,17,21)(H,18,19)/b5-4+. The molecule has 2 amide bonds. The number of nitrogens with zero attached hydrogens (tertiary/aromatic N) is 1. The number of nitrogens with one attached hydrogen (secondary N) is 2. The maximum atomic E-state index is 11.9. The van der Waals surface area contributed by atoms with Crippen LogP contribution >= 0.6 is 0 Å². The highest BCUT2D eigenvalue weighted by molar-refractivity contribution is 6.08. The second-order valence-corrected chi connectivity index (χ2v) is 4.25. The minimum atomic E-state index is -0.668. The first-order chi connectivity index (χ1) is 10.4. The van der Waals surface area contributed by atoms with Crippen LogP contribution in [0.3, 0.4) is 0 Å². The SMILES string of the molecule is CNC(=O)c1cc(C#N)cc(C)c1NC(=O)/C=C/C(=O)OC. The van der Waals surface area contributed by atoms with E-state index in [2.05, 4.69) is 15.4 Å². The first kappa shape index (κ1) is 16.9. The Balaban J connectivity index is 3.16. The zero-order valence-electron chi connectivity index (χ0n) is 12.4. The predicted molar refractivity (Wildman–Crippen MR) is 79.1 cm³/mol. The van der Waals surface area contributed by atoms with Crippen LogP contribution in [-0.2, 0) is 14.3 Å². The van der Waals surface area contributed by atoms with Crippen molar-refractivity contribution in [2.45, 2.75) is 6.92 Å². The Morgan fingerprint density at radius 2 is 1.95 bits per heavy atom. The van der Waals surface area contributed by atoms with E-state index in [-0.39, 0.29) is 11.3 Å². The number of esters is 1. The fourth-order valence-electron chi connectivity index (χ4n) is 1.71. The number of carbonyl (C=O) groups excluding carboxylic acids is 3. The molecule has 0 unspecified atom stereocenters. The molecule has 7 heteroatoms. The van der Waals surface area contributed by atoms with E-state index < -0.39 is 17.8 Å². The van der Waals surface area contributed by atoms with Crippen LogP contribution in [0.25, 0.3) is 0 Å². The van der Waals surface area contributed by atoms with Gasteiger partial charge in [0, 0.05) is 19.2 Å². The van der Waals surface area contributed by atoms with E-state index in [4.69, 9.17) is 5.26 Å². The Morgan fingerprint density at radius 1 is 1.27 bits per heavy atom. The van der Waals surface area contributed by atoms with Crippen molar-refractivity contribution < 1.29 is 19.1 Å². The number of benzene rings is 1. The topological polar surface area (TPSA) is 108 Å². The van der Waals surface area contributed by atoms with Gasteiger partial charge in [0.1, 0.15) is 0 Å². The molecule has 22 heavy (non-hydrogen) atoms. The van der Waals surface area contributed by atoms with Gasteiger partial charge >= 0.3 is 5.97 Å². The van der Waals surface area contributed by atoms with Crippen LogP contribution in [-0.4, -0.2) is 31.9 Å². The summed E-state index contributed by atoms with van der Waals surface area (Å²) in [6, 6.07) is 4.88. The summed E-state index contributed by atoms with van der Waals surface area (Å²) in [6.07, 6.45) is 1.96. The monoisotopic (exact) mass is 301 g/mol. The summed E-state index contributed by atoms with van der Waals surface area (Å²) < 4.78 is 4.38. The number of hydrogen-bond acceptors (Lipinski definition) is 5. The lowest BCUT2D eigenvalue weighted by Gasteiger charge is -2.12. The molecule has 1 rings (SSSR count). The van der Waals surface area contributed by atoms with Crippen molar-refractivity contribution in [2.24, 2.45) is 0 Å². The lowest BCUT2D eigenvalue weighted by molar-refractivity contribution is -0.135. The summed E-state index contributed by atoms with van der Waals surface area (Å²) in [5, 5.41) is 13.9. The maximum absolute atomic E-state index is 11.9. The molecule has 0 aliphatic rings. The Bertz CT molecular complexity index is 687. The normalized spacial score (nSPS) is 9.91. The molecule has 1 aromatic rings. The molecule has 0 aliphatic heterocycles. The highest BCUT2D eigenvalue weighted by Crippen LogP contribution is 2.23. The van der Waals surface area contributed by atoms with Crippen molar-refractivity contribution in [2.75, 3.05) is 19.5 Å². The van der Waals surface area contributed by atoms with Crippen LogP contribution in [0.15, 0.2) is 24.3 Å². The number of rotatable bonds is 4. The van der Waals surface area contributed by atoms with Crippen LogP contribution in [0.1, 0.15) is 21.5 Å². The molecule has 0 radical (unpaired) electrons. The number of amides is 2. The van der Waals surface area contributed by atoms with Gasteiger partial charge in [0.05, 0.1) is 30.0 Å². The Labute approximate surface area is 127 Å². The van der Waals surface area contributed by atoms with Gasteiger partial charge in [0.15, 0.2) is 0 Å². The average Bonchev–Trinajstić information content (AvgIpc) is 2.53. The van der Waals surface area contributed by atoms with Gasteiger partial charge in [-0.15, -0.1) is 0 Å². The highest BCUT2D eigenvalue weighted by Gasteiger charge is 2.15. The second-order valence-electron chi connectivity index (χ2n) is 4.25. The van der Waals surface area contributed by atoms with Gasteiger partial charge in [0.25, 0.3) is 5.91 Å². The summed E-state index contributed by atoms with van der Waals surface area (Å²) in [4.78, 5) is 34.6. The van der Waals surface area contributed by atoms with E-state index >= 15 is 0 Å². The first-order valence-corrected chi connectivity index (χ1v) is 6.26. The van der Waals surface area contributed by atoms with Crippen LogP contribution < -0.4 is 10.6 Å². The lowest BCUT2D eigenvalue weighted by Crippen LogP contribution is -2.22. The number of anilines is 1. The maximum Gasteiger partial charge on any atom is 0.330 e. The summed E-state index contributed by atoms with van der Waals surface area (Å²) in [7, 11) is 2.64. The summed E-state index contributed by atoms with van der Waals surface area (Å²) in [6.45, 7) is 1.66. The second kappa shape index (κ2) is 7.59. The highest BCUT2D eigenvalue weighted by atomic mass is 16.5. The fraction of sp³-hybridized carbons (Fsp3) is 0.200. The van der Waals surface area contributed by atoms with Crippen molar-refractivity contribution in [3.63, 3.8) is 0 Å². The van der Waals surface area contributed by atoms with E-state index in [1.54, 1.807) is 13.0 Å². The quantitative estimate of drug-likeness (QED) is 0.634. The molecule has 0 saturated heterocycles. The Kier molecular flexibility index (Phi) is 5.84. The van der Waals surface area contributed by atoms with E-state index in [0.717, 1.165) is 12.2 Å². The summed E-state index contributed by atoms with van der Waals surface area (Å²) >= 11 is 0. The molecule has 0 bridgehead atoms. The van der Waals surface area contributed by atoms with E-state index in [1.165, 1.54) is 20.2 Å². The number of aryl methyl sites for hydroxylation is 1. The van der Waals surface area contributed by atoms with Crippen molar-refractivity contribution in [3.8, 4) is 6.07 Å². The smallest absolute Gasteiger partial charge is 0.330 e. The molecule has 1 aromatic carbocycles. The molecule has 0 fully saturated rings. The van der Waals surface area contributed by atoms with Crippen molar-refractivity contribution in [1.29, 1.82) is 5.26 Å². The molecule has 7 nitrogen and oxygen atoms in total. The van der Waals surface area contributed by atoms with Crippen molar-refractivity contribution >= 4 is 23.5 Å².